The van der Waals surface area contributed by atoms with Crippen LogP contribution in [0.5, 0.6) is 5.75 Å². The highest BCUT2D eigenvalue weighted by molar-refractivity contribution is 6.31. The summed E-state index contributed by atoms with van der Waals surface area (Å²) < 4.78 is 5.36. The molecule has 0 aromatic heterocycles. The topological polar surface area (TPSA) is 38.5 Å². The molecule has 0 saturated carbocycles. The summed E-state index contributed by atoms with van der Waals surface area (Å²) in [5.74, 6) is 0.861. The molecular weight excluding hydrogens is 236 g/mol. The summed E-state index contributed by atoms with van der Waals surface area (Å²) in [7, 11) is 1.68. The second kappa shape index (κ2) is 5.71. The van der Waals surface area contributed by atoms with Gasteiger partial charge in [0.1, 0.15) is 5.75 Å². The van der Waals surface area contributed by atoms with Gasteiger partial charge in [-0.3, -0.25) is 4.90 Å². The van der Waals surface area contributed by atoms with Gasteiger partial charge in [0.25, 0.3) is 0 Å². The van der Waals surface area contributed by atoms with Crippen molar-refractivity contribution in [3.8, 4) is 5.75 Å². The van der Waals surface area contributed by atoms with Crippen molar-refractivity contribution in [3.63, 3.8) is 0 Å². The van der Waals surface area contributed by atoms with Crippen molar-refractivity contribution in [3.05, 3.63) is 28.8 Å². The van der Waals surface area contributed by atoms with Crippen LogP contribution >= 0.6 is 11.6 Å². The number of halogens is 1. The van der Waals surface area contributed by atoms with Crippen molar-refractivity contribution in [2.45, 2.75) is 25.4 Å². The molecule has 1 aromatic carbocycles. The molecule has 17 heavy (non-hydrogen) atoms. The maximum atomic E-state index is 6.24. The third kappa shape index (κ3) is 2.73. The number of likely N-dealkylation sites (tertiary alicyclic amines) is 1. The molecule has 3 nitrogen and oxygen atoms in total. The van der Waals surface area contributed by atoms with Gasteiger partial charge in [-0.15, -0.1) is 0 Å². The molecule has 0 radical (unpaired) electrons. The summed E-state index contributed by atoms with van der Waals surface area (Å²) in [4.78, 5) is 2.39. The lowest BCUT2D eigenvalue weighted by molar-refractivity contribution is 0.246. The van der Waals surface area contributed by atoms with E-state index >= 15 is 0 Å². The SMILES string of the molecule is COc1cccc(Cl)c1CN1CCCC1CN. The van der Waals surface area contributed by atoms with Crippen molar-refractivity contribution < 1.29 is 4.74 Å². The molecule has 1 aromatic rings. The van der Waals surface area contributed by atoms with Crippen LogP contribution in [-0.2, 0) is 6.54 Å². The van der Waals surface area contributed by atoms with E-state index in [-0.39, 0.29) is 0 Å². The Morgan fingerprint density at radius 2 is 2.35 bits per heavy atom. The van der Waals surface area contributed by atoms with E-state index in [1.807, 2.05) is 18.2 Å². The van der Waals surface area contributed by atoms with Crippen molar-refractivity contribution in [1.29, 1.82) is 0 Å². The number of methoxy groups -OCH3 is 1. The monoisotopic (exact) mass is 254 g/mol. The number of ether oxygens (including phenoxy) is 1. The van der Waals surface area contributed by atoms with Gasteiger partial charge in [-0.1, -0.05) is 17.7 Å². The van der Waals surface area contributed by atoms with Crippen LogP contribution in [-0.4, -0.2) is 31.1 Å². The lowest BCUT2D eigenvalue weighted by atomic mass is 10.1. The second-order valence-corrected chi connectivity index (χ2v) is 4.83. The highest BCUT2D eigenvalue weighted by atomic mass is 35.5. The third-order valence-electron chi connectivity index (χ3n) is 3.43. The van der Waals surface area contributed by atoms with Gasteiger partial charge < -0.3 is 10.5 Å². The Balaban J connectivity index is 2.17. The molecule has 1 aliphatic heterocycles. The Bertz CT molecular complexity index is 384. The maximum Gasteiger partial charge on any atom is 0.124 e. The van der Waals surface area contributed by atoms with Crippen molar-refractivity contribution >= 4 is 11.6 Å². The van der Waals surface area contributed by atoms with Crippen molar-refractivity contribution in [1.82, 2.24) is 4.90 Å². The van der Waals surface area contributed by atoms with Crippen molar-refractivity contribution in [2.24, 2.45) is 5.73 Å². The third-order valence-corrected chi connectivity index (χ3v) is 3.78. The molecule has 2 N–H and O–H groups in total. The van der Waals surface area contributed by atoms with E-state index in [4.69, 9.17) is 22.1 Å². The first-order valence-corrected chi connectivity index (χ1v) is 6.39. The van der Waals surface area contributed by atoms with Gasteiger partial charge in [0.2, 0.25) is 0 Å². The summed E-state index contributed by atoms with van der Waals surface area (Å²) in [6, 6.07) is 6.26. The fourth-order valence-corrected chi connectivity index (χ4v) is 2.68. The van der Waals surface area contributed by atoms with Crippen molar-refractivity contribution in [2.75, 3.05) is 20.2 Å². The molecule has 1 saturated heterocycles. The van der Waals surface area contributed by atoms with Crippen LogP contribution in [0, 0.1) is 0 Å². The molecule has 0 spiro atoms. The fourth-order valence-electron chi connectivity index (χ4n) is 2.46. The van der Waals surface area contributed by atoms with Gasteiger partial charge in [0.05, 0.1) is 7.11 Å². The zero-order valence-electron chi connectivity index (χ0n) is 10.2. The number of nitrogens with zero attached hydrogens (tertiary/aromatic N) is 1. The van der Waals surface area contributed by atoms with Crippen LogP contribution in [0.15, 0.2) is 18.2 Å². The summed E-state index contributed by atoms with van der Waals surface area (Å²) >= 11 is 6.24. The fraction of sp³-hybridized carbons (Fsp3) is 0.538. The molecule has 1 atom stereocenters. The average molecular weight is 255 g/mol. The first-order valence-electron chi connectivity index (χ1n) is 6.01. The summed E-state index contributed by atoms with van der Waals surface area (Å²) in [6.07, 6.45) is 2.40. The second-order valence-electron chi connectivity index (χ2n) is 4.42. The van der Waals surface area contributed by atoms with Gasteiger partial charge in [-0.05, 0) is 31.5 Å². The summed E-state index contributed by atoms with van der Waals surface area (Å²) in [6.45, 7) is 2.63. The molecule has 1 heterocycles. The van der Waals surface area contributed by atoms with Gasteiger partial charge in [-0.2, -0.15) is 0 Å². The van der Waals surface area contributed by atoms with Crippen LogP contribution < -0.4 is 10.5 Å². The van der Waals surface area contributed by atoms with Gasteiger partial charge in [-0.25, -0.2) is 0 Å². The zero-order valence-corrected chi connectivity index (χ0v) is 10.9. The number of hydrogen-bond acceptors (Lipinski definition) is 3. The van der Waals surface area contributed by atoms with E-state index in [0.717, 1.165) is 29.4 Å². The zero-order chi connectivity index (χ0) is 12.3. The maximum absolute atomic E-state index is 6.24. The quantitative estimate of drug-likeness (QED) is 0.896. The van der Waals surface area contributed by atoms with Crippen LogP contribution in [0.1, 0.15) is 18.4 Å². The standard InChI is InChI=1S/C13H19ClN2O/c1-17-13-6-2-5-12(14)11(13)9-16-7-3-4-10(16)8-15/h2,5-6,10H,3-4,7-9,15H2,1H3. The molecular formula is C13H19ClN2O. The highest BCUT2D eigenvalue weighted by Gasteiger charge is 2.24. The molecule has 0 aliphatic carbocycles. The van der Waals surface area contributed by atoms with Crippen LogP contribution in [0.3, 0.4) is 0 Å². The Morgan fingerprint density at radius 3 is 3.06 bits per heavy atom. The molecule has 4 heteroatoms. The molecule has 0 amide bonds. The van der Waals surface area contributed by atoms with Crippen LogP contribution in [0.25, 0.3) is 0 Å². The minimum Gasteiger partial charge on any atom is -0.496 e. The summed E-state index contributed by atoms with van der Waals surface area (Å²) in [5, 5.41) is 0.770. The molecule has 94 valence electrons. The number of nitrogens with two attached hydrogens (primary N) is 1. The average Bonchev–Trinajstić information content (AvgIpc) is 2.79. The predicted molar refractivity (Wildman–Crippen MR) is 70.5 cm³/mol. The minimum atomic E-state index is 0.482. The van der Waals surface area contributed by atoms with E-state index in [0.29, 0.717) is 12.6 Å². The van der Waals surface area contributed by atoms with Crippen LogP contribution in [0.4, 0.5) is 0 Å². The lowest BCUT2D eigenvalue weighted by Crippen LogP contribution is -2.35. The van der Waals surface area contributed by atoms with E-state index in [9.17, 15) is 0 Å². The first kappa shape index (κ1) is 12.7. The highest BCUT2D eigenvalue weighted by Crippen LogP contribution is 2.30. The smallest absolute Gasteiger partial charge is 0.124 e. The normalized spacial score (nSPS) is 20.8. The van der Waals surface area contributed by atoms with Crippen LogP contribution in [0.2, 0.25) is 5.02 Å². The number of rotatable bonds is 4. The minimum absolute atomic E-state index is 0.482. The van der Waals surface area contributed by atoms with Gasteiger partial charge in [0, 0.05) is 29.7 Å². The Morgan fingerprint density at radius 1 is 1.53 bits per heavy atom. The molecule has 2 rings (SSSR count). The van der Waals surface area contributed by atoms with E-state index in [1.54, 1.807) is 7.11 Å². The number of hydrogen-bond donors (Lipinski definition) is 1. The number of benzene rings is 1. The van der Waals surface area contributed by atoms with Gasteiger partial charge in [0.15, 0.2) is 0 Å². The Kier molecular flexibility index (Phi) is 4.26. The molecule has 1 unspecified atom stereocenters. The van der Waals surface area contributed by atoms with E-state index < -0.39 is 0 Å². The van der Waals surface area contributed by atoms with E-state index in [1.165, 1.54) is 12.8 Å². The summed E-state index contributed by atoms with van der Waals surface area (Å²) in [5.41, 5.74) is 6.85. The molecule has 0 bridgehead atoms. The lowest BCUT2D eigenvalue weighted by Gasteiger charge is -2.24. The van der Waals surface area contributed by atoms with E-state index in [2.05, 4.69) is 4.90 Å². The molecule has 1 fully saturated rings. The Hall–Kier alpha value is -0.770. The van der Waals surface area contributed by atoms with Gasteiger partial charge >= 0.3 is 0 Å². The predicted octanol–water partition coefficient (Wildman–Crippen LogP) is 2.27. The Labute approximate surface area is 107 Å². The molecule has 1 aliphatic rings. The largest absolute Gasteiger partial charge is 0.496 e. The first-order chi connectivity index (χ1) is 8.26.